The number of hydrogen-bond donors (Lipinski definition) is 3. The van der Waals surface area contributed by atoms with Gasteiger partial charge in [0.05, 0.1) is 6.04 Å². The summed E-state index contributed by atoms with van der Waals surface area (Å²) in [5, 5.41) is 14.5. The monoisotopic (exact) mass is 470 g/mol. The summed E-state index contributed by atoms with van der Waals surface area (Å²) < 4.78 is 47.6. The van der Waals surface area contributed by atoms with Gasteiger partial charge in [-0.05, 0) is 23.3 Å². The molecule has 3 unspecified atom stereocenters. The van der Waals surface area contributed by atoms with Crippen molar-refractivity contribution in [2.45, 2.75) is 24.6 Å². The molecule has 0 saturated carbocycles. The zero-order valence-corrected chi connectivity index (χ0v) is 17.8. The first-order valence-electron chi connectivity index (χ1n) is 10.4. The van der Waals surface area contributed by atoms with Gasteiger partial charge in [-0.1, -0.05) is 72.8 Å². The molecule has 0 spiro atoms. The standard InChI is InChI=1S/C25H21F3N2O4/c26-25(27,28)24(33)20(22(31)18-9-5-2-6-10-18)21(29-23(32)30-24)17-11-13-19(14-12-17)34-15-16-7-3-1-4-8-16/h1-14,20-21,33H,15H2,(H2,29,30,32). The molecule has 3 aromatic rings. The smallest absolute Gasteiger partial charge is 0.437 e. The van der Waals surface area contributed by atoms with Crippen LogP contribution in [-0.4, -0.2) is 28.8 Å². The van der Waals surface area contributed by atoms with Gasteiger partial charge in [-0.3, -0.25) is 4.79 Å². The summed E-state index contributed by atoms with van der Waals surface area (Å²) in [5.74, 6) is -2.60. The van der Waals surface area contributed by atoms with Crippen molar-refractivity contribution in [3.63, 3.8) is 0 Å². The van der Waals surface area contributed by atoms with Gasteiger partial charge in [0.25, 0.3) is 0 Å². The fourth-order valence-electron chi connectivity index (χ4n) is 3.91. The highest BCUT2D eigenvalue weighted by Crippen LogP contribution is 2.44. The number of halogens is 3. The summed E-state index contributed by atoms with van der Waals surface area (Å²) in [7, 11) is 0. The van der Waals surface area contributed by atoms with Crippen LogP contribution in [0.4, 0.5) is 18.0 Å². The molecule has 1 fully saturated rings. The number of benzene rings is 3. The Balaban J connectivity index is 1.66. The summed E-state index contributed by atoms with van der Waals surface area (Å²) in [4.78, 5) is 25.3. The number of amides is 2. The number of rotatable bonds is 6. The third-order valence-electron chi connectivity index (χ3n) is 5.63. The molecule has 9 heteroatoms. The summed E-state index contributed by atoms with van der Waals surface area (Å²) in [6.07, 6.45) is -5.31. The lowest BCUT2D eigenvalue weighted by Gasteiger charge is -2.45. The minimum Gasteiger partial charge on any atom is -0.489 e. The number of ketones is 1. The van der Waals surface area contributed by atoms with Crippen molar-refractivity contribution >= 4 is 11.8 Å². The van der Waals surface area contributed by atoms with Crippen molar-refractivity contribution in [2.24, 2.45) is 5.92 Å². The molecular formula is C25H21F3N2O4. The molecule has 4 rings (SSSR count). The predicted octanol–water partition coefficient (Wildman–Crippen LogP) is 4.37. The summed E-state index contributed by atoms with van der Waals surface area (Å²) in [5.41, 5.74) is -2.66. The molecule has 1 aliphatic rings. The number of Topliss-reactive ketones (excluding diaryl/α,β-unsaturated/α-hetero) is 1. The maximum atomic E-state index is 14.0. The Kier molecular flexibility index (Phi) is 6.30. The molecule has 0 aromatic heterocycles. The first-order valence-corrected chi connectivity index (χ1v) is 10.4. The molecule has 176 valence electrons. The predicted molar refractivity (Wildman–Crippen MR) is 117 cm³/mol. The molecule has 6 nitrogen and oxygen atoms in total. The highest BCUT2D eigenvalue weighted by molar-refractivity contribution is 6.00. The Morgan fingerprint density at radius 2 is 1.53 bits per heavy atom. The van der Waals surface area contributed by atoms with Crippen molar-refractivity contribution < 1.29 is 32.6 Å². The molecule has 1 heterocycles. The van der Waals surface area contributed by atoms with Crippen LogP contribution in [0.15, 0.2) is 84.9 Å². The van der Waals surface area contributed by atoms with Gasteiger partial charge in [0.2, 0.25) is 5.72 Å². The van der Waals surface area contributed by atoms with E-state index in [-0.39, 0.29) is 17.7 Å². The van der Waals surface area contributed by atoms with Crippen LogP contribution in [0.1, 0.15) is 27.5 Å². The second kappa shape index (κ2) is 9.18. The molecule has 34 heavy (non-hydrogen) atoms. The first kappa shape index (κ1) is 23.3. The number of alkyl halides is 3. The van der Waals surface area contributed by atoms with E-state index in [2.05, 4.69) is 5.32 Å². The van der Waals surface area contributed by atoms with E-state index >= 15 is 0 Å². The maximum absolute atomic E-state index is 14.0. The summed E-state index contributed by atoms with van der Waals surface area (Å²) in [6.45, 7) is 0.285. The van der Waals surface area contributed by atoms with E-state index in [0.29, 0.717) is 5.75 Å². The lowest BCUT2D eigenvalue weighted by molar-refractivity contribution is -0.287. The van der Waals surface area contributed by atoms with Crippen LogP contribution in [0, 0.1) is 5.92 Å². The minimum absolute atomic E-state index is 0.0269. The molecule has 3 N–H and O–H groups in total. The van der Waals surface area contributed by atoms with E-state index in [9.17, 15) is 27.9 Å². The highest BCUT2D eigenvalue weighted by atomic mass is 19.4. The Morgan fingerprint density at radius 3 is 2.12 bits per heavy atom. The third kappa shape index (κ3) is 4.60. The highest BCUT2D eigenvalue weighted by Gasteiger charge is 2.66. The zero-order valence-electron chi connectivity index (χ0n) is 17.8. The van der Waals surface area contributed by atoms with E-state index < -0.39 is 35.7 Å². The first-order chi connectivity index (χ1) is 16.2. The molecule has 2 amide bonds. The van der Waals surface area contributed by atoms with Crippen molar-refractivity contribution in [3.8, 4) is 5.75 Å². The Morgan fingerprint density at radius 1 is 0.941 bits per heavy atom. The normalized spacial score (nSPS) is 22.4. The maximum Gasteiger partial charge on any atom is 0.437 e. The molecule has 0 bridgehead atoms. The molecule has 3 aromatic carbocycles. The Bertz CT molecular complexity index is 1150. The van der Waals surface area contributed by atoms with Crippen LogP contribution in [0.5, 0.6) is 5.75 Å². The lowest BCUT2D eigenvalue weighted by atomic mass is 9.77. The van der Waals surface area contributed by atoms with E-state index in [1.165, 1.54) is 53.8 Å². The lowest BCUT2D eigenvalue weighted by Crippen LogP contribution is -2.72. The van der Waals surface area contributed by atoms with Crippen LogP contribution < -0.4 is 15.4 Å². The molecule has 0 aliphatic carbocycles. The van der Waals surface area contributed by atoms with Crippen LogP contribution in [0.2, 0.25) is 0 Å². The van der Waals surface area contributed by atoms with Crippen LogP contribution in [-0.2, 0) is 6.61 Å². The second-order valence-corrected chi connectivity index (χ2v) is 7.89. The number of hydrogen-bond acceptors (Lipinski definition) is 4. The number of nitrogens with one attached hydrogen (secondary N) is 2. The SMILES string of the molecule is O=C1NC(c2ccc(OCc3ccccc3)cc2)C(C(=O)c2ccccc2)C(O)(C(F)(F)F)N1. The van der Waals surface area contributed by atoms with Crippen LogP contribution in [0.3, 0.4) is 0 Å². The van der Waals surface area contributed by atoms with Gasteiger partial charge in [0.1, 0.15) is 18.3 Å². The quantitative estimate of drug-likeness (QED) is 0.467. The average Bonchev–Trinajstić information content (AvgIpc) is 2.83. The molecule has 1 aliphatic heterocycles. The zero-order chi connectivity index (χ0) is 24.3. The van der Waals surface area contributed by atoms with Crippen LogP contribution in [0.25, 0.3) is 0 Å². The van der Waals surface area contributed by atoms with Gasteiger partial charge in [-0.2, -0.15) is 13.2 Å². The van der Waals surface area contributed by atoms with Crippen molar-refractivity contribution in [1.82, 2.24) is 10.6 Å². The van der Waals surface area contributed by atoms with Crippen molar-refractivity contribution in [2.75, 3.05) is 0 Å². The number of ether oxygens (including phenoxy) is 1. The summed E-state index contributed by atoms with van der Waals surface area (Å²) in [6, 6.07) is 20.0. The summed E-state index contributed by atoms with van der Waals surface area (Å²) >= 11 is 0. The molecular weight excluding hydrogens is 449 g/mol. The van der Waals surface area contributed by atoms with Gasteiger partial charge in [-0.25, -0.2) is 4.79 Å². The van der Waals surface area contributed by atoms with Gasteiger partial charge in [0.15, 0.2) is 5.78 Å². The van der Waals surface area contributed by atoms with E-state index in [4.69, 9.17) is 4.74 Å². The van der Waals surface area contributed by atoms with E-state index in [0.717, 1.165) is 5.56 Å². The largest absolute Gasteiger partial charge is 0.489 e. The fourth-order valence-corrected chi connectivity index (χ4v) is 3.91. The number of carbonyl (C=O) groups is 2. The minimum atomic E-state index is -5.31. The van der Waals surface area contributed by atoms with Gasteiger partial charge >= 0.3 is 12.2 Å². The molecule has 0 radical (unpaired) electrons. The third-order valence-corrected chi connectivity index (χ3v) is 5.63. The number of carbonyl (C=O) groups excluding carboxylic acids is 2. The van der Waals surface area contributed by atoms with E-state index in [1.54, 1.807) is 6.07 Å². The average molecular weight is 470 g/mol. The van der Waals surface area contributed by atoms with Crippen molar-refractivity contribution in [1.29, 1.82) is 0 Å². The van der Waals surface area contributed by atoms with Gasteiger partial charge in [-0.15, -0.1) is 0 Å². The van der Waals surface area contributed by atoms with Gasteiger partial charge < -0.3 is 20.5 Å². The topological polar surface area (TPSA) is 87.7 Å². The number of urea groups is 1. The molecule has 3 atom stereocenters. The molecule has 1 saturated heterocycles. The second-order valence-electron chi connectivity index (χ2n) is 7.89. The van der Waals surface area contributed by atoms with Gasteiger partial charge in [0, 0.05) is 5.56 Å². The van der Waals surface area contributed by atoms with Crippen molar-refractivity contribution in [3.05, 3.63) is 102 Å². The Hall–Kier alpha value is -3.85. The van der Waals surface area contributed by atoms with E-state index in [1.807, 2.05) is 30.3 Å². The fraction of sp³-hybridized carbons (Fsp3) is 0.200. The Labute approximate surface area is 193 Å². The number of aliphatic hydroxyl groups is 1. The van der Waals surface area contributed by atoms with Crippen LogP contribution >= 0.6 is 0 Å².